The number of aliphatic hydroxyl groups is 2. The molecule has 0 fully saturated rings. The summed E-state index contributed by atoms with van der Waals surface area (Å²) in [5, 5.41) is 23.3. The van der Waals surface area contributed by atoms with E-state index in [0.29, 0.717) is 25.9 Å². The molecule has 0 aromatic carbocycles. The Morgan fingerprint density at radius 3 is 1.03 bits per heavy atom. The van der Waals surface area contributed by atoms with E-state index in [1.807, 2.05) is 0 Å². The fourth-order valence-electron chi connectivity index (χ4n) is 11.0. The number of rotatable bonds is 65. The Morgan fingerprint density at radius 2 is 0.658 bits per heavy atom. The molecule has 76 heavy (non-hydrogen) atoms. The van der Waals surface area contributed by atoms with Crippen LogP contribution in [0, 0.1) is 0 Å². The minimum Gasteiger partial charge on any atom is -0.466 e. The molecular weight excluding hydrogens is 935 g/mol. The van der Waals surface area contributed by atoms with Crippen molar-refractivity contribution in [3.8, 4) is 0 Å². The molecular formula is C70H135NO5. The molecule has 0 aromatic heterocycles. The molecule has 0 bridgehead atoms. The van der Waals surface area contributed by atoms with Gasteiger partial charge in [-0.1, -0.05) is 340 Å². The summed E-state index contributed by atoms with van der Waals surface area (Å²) in [6, 6.07) is -0.539. The molecule has 1 amide bonds. The second kappa shape index (κ2) is 65.9. The molecule has 2 atom stereocenters. The van der Waals surface area contributed by atoms with Gasteiger partial charge in [-0.25, -0.2) is 0 Å². The first-order valence-electron chi connectivity index (χ1n) is 34.6. The number of aliphatic hydroxyl groups excluding tert-OH is 2. The van der Waals surface area contributed by atoms with Crippen LogP contribution in [0.4, 0.5) is 0 Å². The van der Waals surface area contributed by atoms with Crippen LogP contribution in [0.5, 0.6) is 0 Å². The SMILES string of the molecule is CCCCC/C=C\C/C=C\CCCCCCCCCCCC(=O)OCCCCCCCCCCCCCCCCCCCCCCCCCCCCC(=O)NC(CO)C(O)CCCCCCCCCCCCCCCC. The molecule has 450 valence electrons. The van der Waals surface area contributed by atoms with Gasteiger partial charge in [0.05, 0.1) is 25.4 Å². The summed E-state index contributed by atoms with van der Waals surface area (Å²) in [7, 11) is 0. The highest BCUT2D eigenvalue weighted by molar-refractivity contribution is 5.76. The minimum absolute atomic E-state index is 0.0142. The molecule has 0 aliphatic rings. The number of carbonyl (C=O) groups excluding carboxylic acids is 2. The molecule has 0 rings (SSSR count). The lowest BCUT2D eigenvalue weighted by molar-refractivity contribution is -0.143. The third-order valence-electron chi connectivity index (χ3n) is 16.3. The molecule has 0 saturated carbocycles. The third-order valence-corrected chi connectivity index (χ3v) is 16.3. The molecule has 0 aliphatic heterocycles. The average Bonchev–Trinajstić information content (AvgIpc) is 3.42. The number of unbranched alkanes of at least 4 members (excludes halogenated alkanes) is 50. The fraction of sp³-hybridized carbons (Fsp3) is 0.914. The van der Waals surface area contributed by atoms with Crippen molar-refractivity contribution < 1.29 is 24.5 Å². The zero-order valence-corrected chi connectivity index (χ0v) is 51.5. The van der Waals surface area contributed by atoms with Gasteiger partial charge in [0.25, 0.3) is 0 Å². The van der Waals surface area contributed by atoms with E-state index in [4.69, 9.17) is 4.74 Å². The first-order chi connectivity index (χ1) is 37.5. The van der Waals surface area contributed by atoms with Gasteiger partial charge in [-0.15, -0.1) is 0 Å². The fourth-order valence-corrected chi connectivity index (χ4v) is 11.0. The summed E-state index contributed by atoms with van der Waals surface area (Å²) < 4.78 is 5.51. The number of amides is 1. The van der Waals surface area contributed by atoms with Crippen molar-refractivity contribution in [3.63, 3.8) is 0 Å². The van der Waals surface area contributed by atoms with E-state index in [1.165, 1.54) is 302 Å². The van der Waals surface area contributed by atoms with Crippen molar-refractivity contribution in [2.45, 2.75) is 398 Å². The molecule has 0 spiro atoms. The van der Waals surface area contributed by atoms with Gasteiger partial charge in [-0.2, -0.15) is 0 Å². The minimum atomic E-state index is -0.662. The van der Waals surface area contributed by atoms with Crippen molar-refractivity contribution in [3.05, 3.63) is 24.3 Å². The van der Waals surface area contributed by atoms with E-state index in [1.54, 1.807) is 0 Å². The van der Waals surface area contributed by atoms with E-state index >= 15 is 0 Å². The third kappa shape index (κ3) is 61.6. The van der Waals surface area contributed by atoms with E-state index < -0.39 is 12.1 Å². The number of hydrogen-bond acceptors (Lipinski definition) is 5. The Labute approximate surface area is 475 Å². The second-order valence-electron chi connectivity index (χ2n) is 23.9. The average molecular weight is 1070 g/mol. The largest absolute Gasteiger partial charge is 0.466 e. The van der Waals surface area contributed by atoms with Crippen LogP contribution in [-0.2, 0) is 14.3 Å². The first-order valence-corrected chi connectivity index (χ1v) is 34.6. The van der Waals surface area contributed by atoms with Crippen LogP contribution in [-0.4, -0.2) is 47.4 Å². The Balaban J connectivity index is 3.33. The van der Waals surface area contributed by atoms with E-state index in [2.05, 4.69) is 43.5 Å². The first kappa shape index (κ1) is 74.3. The lowest BCUT2D eigenvalue weighted by Crippen LogP contribution is -2.45. The highest BCUT2D eigenvalue weighted by atomic mass is 16.5. The normalized spacial score (nSPS) is 12.6. The lowest BCUT2D eigenvalue weighted by Gasteiger charge is -2.22. The van der Waals surface area contributed by atoms with Crippen molar-refractivity contribution in [2.24, 2.45) is 0 Å². The van der Waals surface area contributed by atoms with Gasteiger partial charge in [0.1, 0.15) is 0 Å². The van der Waals surface area contributed by atoms with Crippen LogP contribution in [0.25, 0.3) is 0 Å². The van der Waals surface area contributed by atoms with Crippen molar-refractivity contribution in [1.82, 2.24) is 5.32 Å². The Bertz CT molecular complexity index is 1190. The van der Waals surface area contributed by atoms with Crippen molar-refractivity contribution in [1.29, 1.82) is 0 Å². The number of hydrogen-bond donors (Lipinski definition) is 3. The quantitative estimate of drug-likeness (QED) is 0.0320. The van der Waals surface area contributed by atoms with E-state index in [-0.39, 0.29) is 18.5 Å². The number of nitrogens with one attached hydrogen (secondary N) is 1. The van der Waals surface area contributed by atoms with Crippen LogP contribution in [0.2, 0.25) is 0 Å². The van der Waals surface area contributed by atoms with E-state index in [9.17, 15) is 19.8 Å². The van der Waals surface area contributed by atoms with Crippen LogP contribution in [0.3, 0.4) is 0 Å². The number of esters is 1. The van der Waals surface area contributed by atoms with Crippen LogP contribution >= 0.6 is 0 Å². The molecule has 0 radical (unpaired) electrons. The van der Waals surface area contributed by atoms with Gasteiger partial charge in [0, 0.05) is 12.8 Å². The molecule has 2 unspecified atom stereocenters. The molecule has 6 heteroatoms. The maximum Gasteiger partial charge on any atom is 0.305 e. The highest BCUT2D eigenvalue weighted by Crippen LogP contribution is 2.19. The van der Waals surface area contributed by atoms with Gasteiger partial charge in [0.2, 0.25) is 5.91 Å². The molecule has 0 aliphatic carbocycles. The zero-order valence-electron chi connectivity index (χ0n) is 51.5. The summed E-state index contributed by atoms with van der Waals surface area (Å²) in [5.41, 5.74) is 0. The number of allylic oxidation sites excluding steroid dienone is 4. The molecule has 0 heterocycles. The number of ether oxygens (including phenoxy) is 1. The number of carbonyl (C=O) groups is 2. The van der Waals surface area contributed by atoms with Gasteiger partial charge >= 0.3 is 5.97 Å². The summed E-state index contributed by atoms with van der Waals surface area (Å²) in [4.78, 5) is 24.6. The van der Waals surface area contributed by atoms with Crippen LogP contribution in [0.15, 0.2) is 24.3 Å². The van der Waals surface area contributed by atoms with Gasteiger partial charge in [-0.3, -0.25) is 9.59 Å². The van der Waals surface area contributed by atoms with Crippen molar-refractivity contribution in [2.75, 3.05) is 13.2 Å². The Kier molecular flexibility index (Phi) is 64.4. The summed E-state index contributed by atoms with van der Waals surface area (Å²) in [5.74, 6) is -0.0161. The smallest absolute Gasteiger partial charge is 0.305 e. The monoisotopic (exact) mass is 1070 g/mol. The van der Waals surface area contributed by atoms with Crippen molar-refractivity contribution >= 4 is 11.9 Å². The molecule has 0 saturated heterocycles. The topological polar surface area (TPSA) is 95.9 Å². The zero-order chi connectivity index (χ0) is 55.0. The van der Waals surface area contributed by atoms with Gasteiger partial charge in [-0.05, 0) is 57.8 Å². The molecule has 0 aromatic rings. The summed E-state index contributed by atoms with van der Waals surface area (Å²) >= 11 is 0. The summed E-state index contributed by atoms with van der Waals surface area (Å²) in [6.45, 7) is 4.96. The Morgan fingerprint density at radius 1 is 0.368 bits per heavy atom. The molecule has 6 nitrogen and oxygen atoms in total. The van der Waals surface area contributed by atoms with Gasteiger partial charge in [0.15, 0.2) is 0 Å². The van der Waals surface area contributed by atoms with Crippen LogP contribution in [0.1, 0.15) is 386 Å². The lowest BCUT2D eigenvalue weighted by atomic mass is 10.0. The standard InChI is InChI=1S/C70H135NO5/c1-3-5-7-9-11-13-15-17-19-20-29-33-36-40-44-48-52-56-60-64-70(75)76-65-61-57-53-49-45-41-37-34-31-28-26-24-22-21-23-25-27-30-32-35-39-43-47-51-55-59-63-69(74)71-67(66-72)68(73)62-58-54-50-46-42-38-18-16-14-12-10-8-6-4-2/h11,13,17,19,67-68,72-73H,3-10,12,14-16,18,20-66H2,1-2H3,(H,71,74)/b13-11-,19-17-. The van der Waals surface area contributed by atoms with Gasteiger partial charge < -0.3 is 20.3 Å². The maximum atomic E-state index is 12.5. The summed E-state index contributed by atoms with van der Waals surface area (Å²) in [6.07, 6.45) is 82.2. The Hall–Kier alpha value is -1.66. The second-order valence-corrected chi connectivity index (χ2v) is 23.9. The maximum absolute atomic E-state index is 12.5. The predicted molar refractivity (Wildman–Crippen MR) is 333 cm³/mol. The van der Waals surface area contributed by atoms with Crippen LogP contribution < -0.4 is 5.32 Å². The predicted octanol–water partition coefficient (Wildman–Crippen LogP) is 22.1. The molecule has 3 N–H and O–H groups in total. The van der Waals surface area contributed by atoms with E-state index in [0.717, 1.165) is 51.4 Å². The highest BCUT2D eigenvalue weighted by Gasteiger charge is 2.20.